The molecule has 162 valence electrons. The summed E-state index contributed by atoms with van der Waals surface area (Å²) in [4.78, 5) is 34.1. The second-order valence-corrected chi connectivity index (χ2v) is 10.4. The van der Waals surface area contributed by atoms with Gasteiger partial charge < -0.3 is 10.2 Å². The van der Waals surface area contributed by atoms with Crippen molar-refractivity contribution in [1.29, 1.82) is 0 Å². The molecule has 0 atom stereocenters. The summed E-state index contributed by atoms with van der Waals surface area (Å²) < 4.78 is 0.622. The standard InChI is InChI=1S/C23H24ClN3O2S2/c1-15-4-5-18(22(28)25-11-8-17-3-2-14-30-17)21(26-15)16-9-12-27(13-10-16)23(29)19-6-7-20(24)31-19/h2-7,14,16H,8-13H2,1H3,(H,25,28). The molecule has 1 N–H and O–H groups in total. The van der Waals surface area contributed by atoms with Crippen molar-refractivity contribution in [2.75, 3.05) is 19.6 Å². The number of amides is 2. The second-order valence-electron chi connectivity index (χ2n) is 7.64. The van der Waals surface area contributed by atoms with Gasteiger partial charge in [0.15, 0.2) is 0 Å². The summed E-state index contributed by atoms with van der Waals surface area (Å²) in [6.45, 7) is 3.84. The number of thiophene rings is 2. The zero-order chi connectivity index (χ0) is 21.8. The van der Waals surface area contributed by atoms with E-state index in [1.807, 2.05) is 35.4 Å². The van der Waals surface area contributed by atoms with Gasteiger partial charge in [0.25, 0.3) is 11.8 Å². The number of hydrogen-bond donors (Lipinski definition) is 1. The Morgan fingerprint density at radius 1 is 1.19 bits per heavy atom. The van der Waals surface area contributed by atoms with Crippen LogP contribution in [0, 0.1) is 6.92 Å². The van der Waals surface area contributed by atoms with Crippen LogP contribution in [0.2, 0.25) is 4.34 Å². The van der Waals surface area contributed by atoms with Crippen LogP contribution in [0.4, 0.5) is 0 Å². The smallest absolute Gasteiger partial charge is 0.263 e. The van der Waals surface area contributed by atoms with Crippen molar-refractivity contribution in [3.05, 3.63) is 72.8 Å². The Balaban J connectivity index is 1.40. The third-order valence-electron chi connectivity index (χ3n) is 5.50. The number of aryl methyl sites for hydroxylation is 1. The molecule has 8 heteroatoms. The molecule has 0 bridgehead atoms. The van der Waals surface area contributed by atoms with Gasteiger partial charge in [0, 0.05) is 36.1 Å². The molecule has 3 aromatic heterocycles. The largest absolute Gasteiger partial charge is 0.352 e. The molecule has 0 aliphatic carbocycles. The highest BCUT2D eigenvalue weighted by atomic mass is 35.5. The first-order chi connectivity index (χ1) is 15.0. The molecule has 5 nitrogen and oxygen atoms in total. The summed E-state index contributed by atoms with van der Waals surface area (Å²) in [6.07, 6.45) is 2.40. The Morgan fingerprint density at radius 3 is 2.68 bits per heavy atom. The number of likely N-dealkylation sites (tertiary alicyclic amines) is 1. The molecule has 4 rings (SSSR count). The Labute approximate surface area is 195 Å². The molecule has 0 spiro atoms. The van der Waals surface area contributed by atoms with E-state index < -0.39 is 0 Å². The quantitative estimate of drug-likeness (QED) is 0.538. The first kappa shape index (κ1) is 22.0. The van der Waals surface area contributed by atoms with Gasteiger partial charge in [-0.05, 0) is 61.9 Å². The maximum absolute atomic E-state index is 12.9. The van der Waals surface area contributed by atoms with Gasteiger partial charge in [-0.2, -0.15) is 0 Å². The minimum Gasteiger partial charge on any atom is -0.352 e. The molecule has 1 saturated heterocycles. The first-order valence-electron chi connectivity index (χ1n) is 10.3. The molecular weight excluding hydrogens is 450 g/mol. The maximum atomic E-state index is 12.9. The number of halogens is 1. The number of nitrogens with zero attached hydrogens (tertiary/aromatic N) is 2. The molecule has 0 radical (unpaired) electrons. The lowest BCUT2D eigenvalue weighted by atomic mass is 9.89. The number of piperidine rings is 1. The van der Waals surface area contributed by atoms with E-state index in [2.05, 4.69) is 11.4 Å². The number of hydrogen-bond acceptors (Lipinski definition) is 5. The monoisotopic (exact) mass is 473 g/mol. The van der Waals surface area contributed by atoms with Crippen LogP contribution >= 0.6 is 34.3 Å². The second kappa shape index (κ2) is 9.94. The van der Waals surface area contributed by atoms with Crippen LogP contribution in [-0.2, 0) is 6.42 Å². The highest BCUT2D eigenvalue weighted by Crippen LogP contribution is 2.31. The van der Waals surface area contributed by atoms with Gasteiger partial charge in [0.2, 0.25) is 0 Å². The van der Waals surface area contributed by atoms with Gasteiger partial charge in [-0.3, -0.25) is 14.6 Å². The van der Waals surface area contributed by atoms with Crippen LogP contribution in [0.25, 0.3) is 0 Å². The Bertz CT molecular complexity index is 1060. The zero-order valence-electron chi connectivity index (χ0n) is 17.3. The number of pyridine rings is 1. The third-order valence-corrected chi connectivity index (χ3v) is 7.65. The van der Waals surface area contributed by atoms with Crippen LogP contribution < -0.4 is 5.32 Å². The summed E-state index contributed by atoms with van der Waals surface area (Å²) >= 11 is 8.98. The number of rotatable bonds is 6. The van der Waals surface area contributed by atoms with Gasteiger partial charge in [-0.15, -0.1) is 22.7 Å². The maximum Gasteiger partial charge on any atom is 0.263 e. The summed E-state index contributed by atoms with van der Waals surface area (Å²) in [6, 6.07) is 11.4. The van der Waals surface area contributed by atoms with Crippen LogP contribution in [-0.4, -0.2) is 41.3 Å². The van der Waals surface area contributed by atoms with Crippen molar-refractivity contribution >= 4 is 46.1 Å². The van der Waals surface area contributed by atoms with E-state index in [-0.39, 0.29) is 17.7 Å². The Hall–Kier alpha value is -2.22. The third kappa shape index (κ3) is 5.34. The lowest BCUT2D eigenvalue weighted by molar-refractivity contribution is 0.0715. The van der Waals surface area contributed by atoms with Crippen LogP contribution in [0.3, 0.4) is 0 Å². The minimum absolute atomic E-state index is 0.0269. The van der Waals surface area contributed by atoms with Crippen molar-refractivity contribution in [3.8, 4) is 0 Å². The fraction of sp³-hybridized carbons (Fsp3) is 0.348. The van der Waals surface area contributed by atoms with Crippen molar-refractivity contribution in [1.82, 2.24) is 15.2 Å². The van der Waals surface area contributed by atoms with Crippen molar-refractivity contribution in [2.24, 2.45) is 0 Å². The Morgan fingerprint density at radius 2 is 2.00 bits per heavy atom. The van der Waals surface area contributed by atoms with Crippen molar-refractivity contribution in [2.45, 2.75) is 32.1 Å². The number of nitrogens with one attached hydrogen (secondary N) is 1. The van der Waals surface area contributed by atoms with Gasteiger partial charge >= 0.3 is 0 Å². The molecule has 1 aliphatic heterocycles. The van der Waals surface area contributed by atoms with Gasteiger partial charge in [0.05, 0.1) is 20.5 Å². The van der Waals surface area contributed by atoms with E-state index >= 15 is 0 Å². The van der Waals surface area contributed by atoms with Gasteiger partial charge in [-0.25, -0.2) is 0 Å². The topological polar surface area (TPSA) is 62.3 Å². The fourth-order valence-electron chi connectivity index (χ4n) is 3.87. The summed E-state index contributed by atoms with van der Waals surface area (Å²) in [5.41, 5.74) is 2.39. The van der Waals surface area contributed by atoms with E-state index in [9.17, 15) is 9.59 Å². The molecule has 2 amide bonds. The van der Waals surface area contributed by atoms with Gasteiger partial charge in [0.1, 0.15) is 0 Å². The van der Waals surface area contributed by atoms with Crippen LogP contribution in [0.1, 0.15) is 55.1 Å². The predicted octanol–water partition coefficient (Wildman–Crippen LogP) is 5.16. The lowest BCUT2D eigenvalue weighted by Crippen LogP contribution is -2.38. The number of carbonyl (C=O) groups excluding carboxylic acids is 2. The van der Waals surface area contributed by atoms with E-state index in [0.717, 1.165) is 30.7 Å². The predicted molar refractivity (Wildman–Crippen MR) is 127 cm³/mol. The Kier molecular flexibility index (Phi) is 7.05. The van der Waals surface area contributed by atoms with Gasteiger partial charge in [-0.1, -0.05) is 17.7 Å². The minimum atomic E-state index is -0.0780. The fourth-order valence-corrected chi connectivity index (χ4v) is 5.59. The normalized spacial score (nSPS) is 14.6. The SMILES string of the molecule is Cc1ccc(C(=O)NCCc2cccs2)c(C2CCN(C(=O)c3ccc(Cl)s3)CC2)n1. The summed E-state index contributed by atoms with van der Waals surface area (Å²) in [5, 5.41) is 5.08. The summed E-state index contributed by atoms with van der Waals surface area (Å²) in [5.74, 6) is 0.110. The molecule has 31 heavy (non-hydrogen) atoms. The highest BCUT2D eigenvalue weighted by Gasteiger charge is 2.28. The number of aromatic nitrogens is 1. The zero-order valence-corrected chi connectivity index (χ0v) is 19.7. The molecule has 0 unspecified atom stereocenters. The van der Waals surface area contributed by atoms with E-state index in [4.69, 9.17) is 16.6 Å². The summed E-state index contributed by atoms with van der Waals surface area (Å²) in [7, 11) is 0. The average Bonchev–Trinajstić information content (AvgIpc) is 3.45. The first-order valence-corrected chi connectivity index (χ1v) is 12.4. The molecule has 3 aromatic rings. The molecule has 1 aliphatic rings. The average molecular weight is 474 g/mol. The number of carbonyl (C=O) groups is 2. The van der Waals surface area contributed by atoms with Crippen LogP contribution in [0.15, 0.2) is 41.8 Å². The van der Waals surface area contributed by atoms with Crippen molar-refractivity contribution in [3.63, 3.8) is 0 Å². The molecule has 0 aromatic carbocycles. The van der Waals surface area contributed by atoms with Crippen LogP contribution in [0.5, 0.6) is 0 Å². The van der Waals surface area contributed by atoms with E-state index in [0.29, 0.717) is 34.4 Å². The molecule has 4 heterocycles. The lowest BCUT2D eigenvalue weighted by Gasteiger charge is -2.32. The van der Waals surface area contributed by atoms with E-state index in [1.54, 1.807) is 23.5 Å². The highest BCUT2D eigenvalue weighted by molar-refractivity contribution is 7.18. The molecule has 0 saturated carbocycles. The van der Waals surface area contributed by atoms with Crippen molar-refractivity contribution < 1.29 is 9.59 Å². The molecular formula is C23H24ClN3O2S2. The van der Waals surface area contributed by atoms with E-state index in [1.165, 1.54) is 16.2 Å². The molecule has 1 fully saturated rings.